The number of benzene rings is 1. The number of piperazine rings is 1. The first kappa shape index (κ1) is 30.5. The van der Waals surface area contributed by atoms with Crippen molar-refractivity contribution in [2.45, 2.75) is 44.3 Å². The van der Waals surface area contributed by atoms with Gasteiger partial charge in [-0.3, -0.25) is 14.6 Å². The number of likely N-dealkylation sites (tertiary alicyclic amines) is 1. The number of nitrogens with one attached hydrogen (secondary N) is 1. The molecule has 2 aromatic rings. The lowest BCUT2D eigenvalue weighted by atomic mass is 9.95. The molecule has 2 atom stereocenters. The first-order chi connectivity index (χ1) is 19.8. The van der Waals surface area contributed by atoms with Crippen LogP contribution in [0.1, 0.15) is 53.8 Å². The van der Waals surface area contributed by atoms with E-state index < -0.39 is 11.9 Å². The average Bonchev–Trinajstić information content (AvgIpc) is 3.01. The van der Waals surface area contributed by atoms with Crippen LogP contribution < -0.4 is 16.0 Å². The number of aliphatic hydroxyl groups is 1. The Kier molecular flexibility index (Phi) is 10.3. The van der Waals surface area contributed by atoms with E-state index in [-0.39, 0.29) is 41.8 Å². The second-order valence-corrected chi connectivity index (χ2v) is 10.6. The highest BCUT2D eigenvalue weighted by molar-refractivity contribution is 6.32. The number of anilines is 2. The van der Waals surface area contributed by atoms with E-state index in [1.54, 1.807) is 12.1 Å². The summed E-state index contributed by atoms with van der Waals surface area (Å²) in [6.07, 6.45) is 2.74. The maximum Gasteiger partial charge on any atom is 0.327 e. The Hall–Kier alpha value is -3.50. The molecular weight excluding hydrogens is 548 g/mol. The lowest BCUT2D eigenvalue weighted by Crippen LogP contribution is -2.59. The molecule has 4 rings (SSSR count). The molecule has 0 radical (unpaired) electrons. The van der Waals surface area contributed by atoms with Crippen LogP contribution in [-0.2, 0) is 9.53 Å². The van der Waals surface area contributed by atoms with E-state index >= 15 is 0 Å². The number of rotatable bonds is 9. The normalized spacial score (nSPS) is 19.4. The van der Waals surface area contributed by atoms with Crippen molar-refractivity contribution in [2.24, 2.45) is 0 Å². The van der Waals surface area contributed by atoms with Crippen molar-refractivity contribution in [1.29, 1.82) is 5.26 Å². The molecule has 4 N–H and O–H groups in total. The molecule has 0 bridgehead atoms. The fourth-order valence-electron chi connectivity index (χ4n) is 5.77. The minimum Gasteiger partial charge on any atom is -0.468 e. The van der Waals surface area contributed by atoms with Gasteiger partial charge in [0.05, 0.1) is 25.3 Å². The number of aromatic nitrogens is 2. The quantitative estimate of drug-likeness (QED) is 0.367. The van der Waals surface area contributed by atoms with Crippen molar-refractivity contribution in [1.82, 2.24) is 25.1 Å². The highest BCUT2D eigenvalue weighted by atomic mass is 35.5. The molecule has 12 nitrogen and oxygen atoms in total. The highest BCUT2D eigenvalue weighted by Gasteiger charge is 2.37. The first-order valence-electron chi connectivity index (χ1n) is 13.9. The summed E-state index contributed by atoms with van der Waals surface area (Å²) in [5.41, 5.74) is 7.38. The van der Waals surface area contributed by atoms with E-state index in [1.165, 1.54) is 7.11 Å². The molecule has 41 heavy (non-hydrogen) atoms. The maximum absolute atomic E-state index is 12.8. The van der Waals surface area contributed by atoms with Gasteiger partial charge in [0.25, 0.3) is 5.91 Å². The van der Waals surface area contributed by atoms with Crippen LogP contribution >= 0.6 is 11.6 Å². The molecule has 2 saturated heterocycles. The predicted molar refractivity (Wildman–Crippen MR) is 154 cm³/mol. The number of piperidine rings is 1. The van der Waals surface area contributed by atoms with Gasteiger partial charge in [0.1, 0.15) is 6.04 Å². The summed E-state index contributed by atoms with van der Waals surface area (Å²) in [7, 11) is 1.40. The molecule has 2 aliphatic heterocycles. The zero-order valence-corrected chi connectivity index (χ0v) is 24.2. The highest BCUT2D eigenvalue weighted by Crippen LogP contribution is 2.32. The monoisotopic (exact) mass is 584 g/mol. The number of amides is 1. The molecule has 1 aromatic carbocycles. The van der Waals surface area contributed by atoms with Gasteiger partial charge in [0, 0.05) is 51.4 Å². The molecular formula is C28H37ClN8O4. The Morgan fingerprint density at radius 3 is 2.54 bits per heavy atom. The van der Waals surface area contributed by atoms with E-state index in [0.29, 0.717) is 30.5 Å². The number of nitrogens with two attached hydrogens (primary N) is 1. The third-order valence-corrected chi connectivity index (χ3v) is 8.14. The molecule has 0 unspecified atom stereocenters. The number of nitrogens with zero attached hydrogens (tertiary/aromatic N) is 6. The van der Waals surface area contributed by atoms with E-state index in [1.807, 2.05) is 12.1 Å². The third-order valence-electron chi connectivity index (χ3n) is 7.89. The fraction of sp³-hybridized carbons (Fsp3) is 0.536. The van der Waals surface area contributed by atoms with Gasteiger partial charge in [-0.2, -0.15) is 5.26 Å². The number of aliphatic hydroxyl groups excluding tert-OH is 1. The summed E-state index contributed by atoms with van der Waals surface area (Å²) in [4.78, 5) is 40.5. The standard InChI is InChI=1S/C28H37ClN8O4/c1-3-20-17-36(26-24(29)33-22(25(31)34-26)27(39)32-10-15-38)13-14-37(20)21-8-11-35(12-9-21)23(28(40)41-2)19-6-4-18(16-30)5-7-19/h4-7,20-21,23,38H,3,8-15,17H2,1-2H3,(H2,31,34)(H,32,39)/t20-,23-/m0/s1. The summed E-state index contributed by atoms with van der Waals surface area (Å²) in [5.74, 6) is -0.389. The minimum atomic E-state index is -0.534. The van der Waals surface area contributed by atoms with Gasteiger partial charge >= 0.3 is 5.97 Å². The lowest BCUT2D eigenvalue weighted by molar-refractivity contribution is -0.148. The number of methoxy groups -OCH3 is 1. The molecule has 1 aromatic heterocycles. The molecule has 2 aliphatic rings. The number of nitriles is 1. The Labute approximate surface area is 245 Å². The summed E-state index contributed by atoms with van der Waals surface area (Å²) in [5, 5.41) is 20.7. The number of nitrogen functional groups attached to an aromatic ring is 1. The van der Waals surface area contributed by atoms with Gasteiger partial charge in [-0.15, -0.1) is 0 Å². The summed E-state index contributed by atoms with van der Waals surface area (Å²) in [6.45, 7) is 5.70. The van der Waals surface area contributed by atoms with Crippen molar-refractivity contribution >= 4 is 35.1 Å². The van der Waals surface area contributed by atoms with Crippen LogP contribution in [0, 0.1) is 11.3 Å². The lowest BCUT2D eigenvalue weighted by Gasteiger charge is -2.48. The molecule has 2 fully saturated rings. The number of esters is 1. The van der Waals surface area contributed by atoms with Gasteiger partial charge in [0.15, 0.2) is 22.5 Å². The number of carbonyl (C=O) groups is 2. The number of carbonyl (C=O) groups excluding carboxylic acids is 2. The zero-order chi connectivity index (χ0) is 29.5. The summed E-state index contributed by atoms with van der Waals surface area (Å²) in [6, 6.07) is 9.34. The van der Waals surface area contributed by atoms with Crippen molar-refractivity contribution in [3.8, 4) is 6.07 Å². The average molecular weight is 585 g/mol. The zero-order valence-electron chi connectivity index (χ0n) is 23.4. The topological polar surface area (TPSA) is 161 Å². The Morgan fingerprint density at radius 2 is 1.93 bits per heavy atom. The molecule has 1 amide bonds. The number of hydrogen-bond donors (Lipinski definition) is 3. The van der Waals surface area contributed by atoms with Crippen molar-refractivity contribution in [3.05, 3.63) is 46.2 Å². The van der Waals surface area contributed by atoms with Crippen LogP contribution in [0.15, 0.2) is 24.3 Å². The molecule has 0 saturated carbocycles. The number of ether oxygens (including phenoxy) is 1. The van der Waals surface area contributed by atoms with E-state index in [2.05, 4.69) is 43.0 Å². The first-order valence-corrected chi connectivity index (χ1v) is 14.2. The largest absolute Gasteiger partial charge is 0.468 e. The minimum absolute atomic E-state index is 0.00915. The number of halogens is 1. The molecule has 0 spiro atoms. The van der Waals surface area contributed by atoms with Gasteiger partial charge < -0.3 is 25.8 Å². The molecule has 13 heteroatoms. The van der Waals surface area contributed by atoms with Crippen LogP contribution in [0.4, 0.5) is 11.6 Å². The Morgan fingerprint density at radius 1 is 1.22 bits per heavy atom. The predicted octanol–water partition coefficient (Wildman–Crippen LogP) is 1.59. The van der Waals surface area contributed by atoms with Crippen LogP contribution in [0.25, 0.3) is 0 Å². The SMILES string of the molecule is CC[C@H]1CN(c2nc(N)c(C(=O)NCCO)nc2Cl)CCN1C1CCN([C@H](C(=O)OC)c2ccc(C#N)cc2)CC1. The van der Waals surface area contributed by atoms with Crippen LogP contribution in [-0.4, -0.2) is 102 Å². The van der Waals surface area contributed by atoms with Crippen molar-refractivity contribution in [3.63, 3.8) is 0 Å². The van der Waals surface area contributed by atoms with Crippen molar-refractivity contribution in [2.75, 3.05) is 63.6 Å². The Balaban J connectivity index is 1.41. The molecule has 0 aliphatic carbocycles. The molecule has 220 valence electrons. The summed E-state index contributed by atoms with van der Waals surface area (Å²) >= 11 is 6.47. The van der Waals surface area contributed by atoms with Gasteiger partial charge in [0.2, 0.25) is 0 Å². The fourth-order valence-corrected chi connectivity index (χ4v) is 6.02. The number of hydrogen-bond acceptors (Lipinski definition) is 11. The summed E-state index contributed by atoms with van der Waals surface area (Å²) < 4.78 is 5.14. The second kappa shape index (κ2) is 13.9. The van der Waals surface area contributed by atoms with Gasteiger partial charge in [-0.05, 0) is 37.0 Å². The third kappa shape index (κ3) is 6.87. The van der Waals surface area contributed by atoms with E-state index in [9.17, 15) is 9.59 Å². The van der Waals surface area contributed by atoms with Crippen molar-refractivity contribution < 1.29 is 19.4 Å². The maximum atomic E-state index is 12.8. The van der Waals surface area contributed by atoms with E-state index in [4.69, 9.17) is 32.4 Å². The molecule has 3 heterocycles. The second-order valence-electron chi connectivity index (χ2n) is 10.2. The van der Waals surface area contributed by atoms with Gasteiger partial charge in [-0.1, -0.05) is 30.7 Å². The van der Waals surface area contributed by atoms with Crippen LogP contribution in [0.5, 0.6) is 0 Å². The van der Waals surface area contributed by atoms with E-state index in [0.717, 1.165) is 44.5 Å². The van der Waals surface area contributed by atoms with Gasteiger partial charge in [-0.25, -0.2) is 14.8 Å². The smallest absolute Gasteiger partial charge is 0.327 e. The van der Waals surface area contributed by atoms with Crippen LogP contribution in [0.3, 0.4) is 0 Å². The van der Waals surface area contributed by atoms with Crippen LogP contribution in [0.2, 0.25) is 5.15 Å². The Bertz CT molecular complexity index is 1260.